The Hall–Kier alpha value is -0.950. The summed E-state index contributed by atoms with van der Waals surface area (Å²) in [5.74, 6) is -0.305. The van der Waals surface area contributed by atoms with Crippen molar-refractivity contribution in [2.45, 2.75) is 12.5 Å². The average molecular weight is 364 g/mol. The molecule has 0 saturated carbocycles. The van der Waals surface area contributed by atoms with Gasteiger partial charge in [-0.3, -0.25) is 14.9 Å². The number of nitrogens with one attached hydrogen (secondary N) is 1. The zero-order valence-electron chi connectivity index (χ0n) is 12.3. The number of thioether (sulfide) groups is 1. The molecule has 4 nitrogen and oxygen atoms in total. The van der Waals surface area contributed by atoms with Gasteiger partial charge in [0.1, 0.15) is 6.04 Å². The highest BCUT2D eigenvalue weighted by atomic mass is 35.5. The first-order chi connectivity index (χ1) is 9.63. The first kappa shape index (κ1) is 23.3. The van der Waals surface area contributed by atoms with Crippen molar-refractivity contribution >= 4 is 55.5 Å². The summed E-state index contributed by atoms with van der Waals surface area (Å²) in [5, 5.41) is 11.8. The second-order valence-electron chi connectivity index (χ2n) is 4.26. The molecule has 0 fully saturated rings. The van der Waals surface area contributed by atoms with E-state index in [-0.39, 0.29) is 38.2 Å². The summed E-state index contributed by atoms with van der Waals surface area (Å²) in [6.07, 6.45) is 5.62. The van der Waals surface area contributed by atoms with Gasteiger partial charge in [-0.25, -0.2) is 0 Å². The molecule has 0 aromatic heterocycles. The van der Waals surface area contributed by atoms with Crippen LogP contribution in [0.15, 0.2) is 36.4 Å². The van der Waals surface area contributed by atoms with Crippen LogP contribution in [0.5, 0.6) is 0 Å². The van der Waals surface area contributed by atoms with E-state index in [1.54, 1.807) is 17.8 Å². The van der Waals surface area contributed by atoms with Crippen LogP contribution in [0.2, 0.25) is 0 Å². The lowest BCUT2D eigenvalue weighted by Gasteiger charge is -2.12. The van der Waals surface area contributed by atoms with Gasteiger partial charge in [-0.2, -0.15) is 25.3 Å². The zero-order valence-corrected chi connectivity index (χ0v) is 15.0. The fourth-order valence-electron chi connectivity index (χ4n) is 1.58. The Morgan fingerprint density at radius 1 is 1.32 bits per heavy atom. The number of carbonyl (C=O) groups excluding carboxylic acids is 1. The molecular weight excluding hydrogens is 342 g/mol. The highest BCUT2D eigenvalue weighted by molar-refractivity contribution is 7.98. The molecule has 0 radical (unpaired) electrons. The number of rotatable bonds is 9. The van der Waals surface area contributed by atoms with Crippen LogP contribution in [0.4, 0.5) is 0 Å². The van der Waals surface area contributed by atoms with E-state index in [2.05, 4.69) is 5.32 Å². The van der Waals surface area contributed by atoms with Crippen molar-refractivity contribution in [2.75, 3.05) is 18.6 Å². The molecule has 1 aromatic carbocycles. The molecule has 1 atom stereocenters. The van der Waals surface area contributed by atoms with E-state index < -0.39 is 12.0 Å². The number of ketones is 1. The van der Waals surface area contributed by atoms with Gasteiger partial charge in [0.25, 0.3) is 0 Å². The number of hydrogen-bond donors (Lipinski definition) is 2. The molecule has 0 spiro atoms. The Balaban J connectivity index is 0. The molecule has 0 heterocycles. The van der Waals surface area contributed by atoms with Crippen LogP contribution in [-0.4, -0.2) is 41.5 Å². The number of carboxylic acid groups (broad SMARTS) is 1. The molecule has 0 amide bonds. The maximum absolute atomic E-state index is 11.7. The van der Waals surface area contributed by atoms with Crippen LogP contribution < -0.4 is 5.32 Å². The average Bonchev–Trinajstić information content (AvgIpc) is 2.46. The third kappa shape index (κ3) is 9.89. The van der Waals surface area contributed by atoms with Crippen molar-refractivity contribution in [3.8, 4) is 0 Å². The highest BCUT2D eigenvalue weighted by Gasteiger charge is 2.16. The molecule has 1 rings (SSSR count). The lowest BCUT2D eigenvalue weighted by molar-refractivity contribution is -0.139. The molecule has 0 aliphatic heterocycles. The summed E-state index contributed by atoms with van der Waals surface area (Å²) in [7, 11) is 0. The minimum atomic E-state index is -0.918. The first-order valence-corrected chi connectivity index (χ1v) is 7.74. The molecule has 0 aliphatic rings. The zero-order chi connectivity index (χ0) is 14.8. The molecule has 124 valence electrons. The summed E-state index contributed by atoms with van der Waals surface area (Å²) < 4.78 is 0. The van der Waals surface area contributed by atoms with Crippen molar-refractivity contribution in [3.05, 3.63) is 42.0 Å². The molecule has 0 unspecified atom stereocenters. The largest absolute Gasteiger partial charge is 0.480 e. The van der Waals surface area contributed by atoms with Crippen LogP contribution in [0.25, 0.3) is 6.08 Å². The summed E-state index contributed by atoms with van der Waals surface area (Å²) in [4.78, 5) is 22.7. The smallest absolute Gasteiger partial charge is 0.320 e. The SMILES string of the molecule is CSCC[C@H](NCC(=O)C=Cc1ccccc1)C(=O)O.Cl.S. The van der Waals surface area contributed by atoms with Crippen LogP contribution in [0.1, 0.15) is 12.0 Å². The van der Waals surface area contributed by atoms with Crippen LogP contribution >= 0.6 is 37.7 Å². The number of carbonyl (C=O) groups is 2. The van der Waals surface area contributed by atoms with Gasteiger partial charge in [-0.1, -0.05) is 36.4 Å². The fourth-order valence-corrected chi connectivity index (χ4v) is 2.06. The summed E-state index contributed by atoms with van der Waals surface area (Å²) in [6, 6.07) is 8.82. The van der Waals surface area contributed by atoms with Gasteiger partial charge in [-0.15, -0.1) is 12.4 Å². The third-order valence-corrected chi connectivity index (χ3v) is 3.34. The normalized spacial score (nSPS) is 11.3. The van der Waals surface area contributed by atoms with Crippen LogP contribution in [-0.2, 0) is 9.59 Å². The van der Waals surface area contributed by atoms with Gasteiger partial charge in [0.15, 0.2) is 5.78 Å². The molecule has 2 N–H and O–H groups in total. The molecule has 0 aliphatic carbocycles. The van der Waals surface area contributed by atoms with E-state index in [1.807, 2.05) is 36.6 Å². The van der Waals surface area contributed by atoms with Crippen molar-refractivity contribution < 1.29 is 14.7 Å². The van der Waals surface area contributed by atoms with Gasteiger partial charge < -0.3 is 5.11 Å². The number of halogens is 1. The third-order valence-electron chi connectivity index (χ3n) is 2.69. The minimum Gasteiger partial charge on any atom is -0.480 e. The summed E-state index contributed by atoms with van der Waals surface area (Å²) in [6.45, 7) is 0.0364. The minimum absolute atomic E-state index is 0. The highest BCUT2D eigenvalue weighted by Crippen LogP contribution is 2.02. The number of hydrogen-bond acceptors (Lipinski definition) is 4. The van der Waals surface area contributed by atoms with Gasteiger partial charge in [0, 0.05) is 0 Å². The molecular formula is C15H22ClNO3S2. The molecule has 7 heteroatoms. The Bertz CT molecular complexity index is 469. The second-order valence-corrected chi connectivity index (χ2v) is 5.25. The van der Waals surface area contributed by atoms with E-state index in [9.17, 15) is 9.59 Å². The van der Waals surface area contributed by atoms with E-state index in [0.29, 0.717) is 6.42 Å². The second kappa shape index (κ2) is 13.7. The molecule has 22 heavy (non-hydrogen) atoms. The maximum atomic E-state index is 11.7. The van der Waals surface area contributed by atoms with Crippen molar-refractivity contribution in [1.29, 1.82) is 0 Å². The first-order valence-electron chi connectivity index (χ1n) is 6.34. The predicted octanol–water partition coefficient (Wildman–Crippen LogP) is 2.60. The van der Waals surface area contributed by atoms with Crippen molar-refractivity contribution in [3.63, 3.8) is 0 Å². The van der Waals surface area contributed by atoms with E-state index in [4.69, 9.17) is 5.11 Å². The van der Waals surface area contributed by atoms with Gasteiger partial charge in [-0.05, 0) is 30.1 Å². The van der Waals surface area contributed by atoms with E-state index in [1.165, 1.54) is 6.08 Å². The molecule has 1 aromatic rings. The quantitative estimate of drug-likeness (QED) is 0.660. The summed E-state index contributed by atoms with van der Waals surface area (Å²) in [5.41, 5.74) is 0.943. The number of benzene rings is 1. The number of carboxylic acids is 1. The molecule has 0 saturated heterocycles. The standard InChI is InChI=1S/C15H19NO3S.ClH.H2S/c1-20-10-9-14(15(18)19)16-11-13(17)8-7-12-5-3-2-4-6-12;;/h2-8,14,16H,9-11H2,1H3,(H,18,19);1H;1H2/t14-;;/m0../s1. The van der Waals surface area contributed by atoms with E-state index in [0.717, 1.165) is 11.3 Å². The monoisotopic (exact) mass is 363 g/mol. The Labute approximate surface area is 148 Å². The Morgan fingerprint density at radius 3 is 2.50 bits per heavy atom. The summed E-state index contributed by atoms with van der Waals surface area (Å²) >= 11 is 1.59. The van der Waals surface area contributed by atoms with Crippen LogP contribution in [0, 0.1) is 0 Å². The number of aliphatic carboxylic acids is 1. The van der Waals surface area contributed by atoms with E-state index >= 15 is 0 Å². The fraction of sp³-hybridized carbons (Fsp3) is 0.333. The van der Waals surface area contributed by atoms with Crippen LogP contribution in [0.3, 0.4) is 0 Å². The lowest BCUT2D eigenvalue weighted by atomic mass is 10.2. The predicted molar refractivity (Wildman–Crippen MR) is 101 cm³/mol. The van der Waals surface area contributed by atoms with Gasteiger partial charge in [0.05, 0.1) is 6.54 Å². The van der Waals surface area contributed by atoms with Gasteiger partial charge >= 0.3 is 5.97 Å². The topological polar surface area (TPSA) is 66.4 Å². The Morgan fingerprint density at radius 2 is 1.95 bits per heavy atom. The van der Waals surface area contributed by atoms with Crippen molar-refractivity contribution in [2.24, 2.45) is 0 Å². The molecule has 0 bridgehead atoms. The lowest BCUT2D eigenvalue weighted by Crippen LogP contribution is -2.39. The maximum Gasteiger partial charge on any atom is 0.320 e. The van der Waals surface area contributed by atoms with Gasteiger partial charge in [0.2, 0.25) is 0 Å². The Kier molecular flexibility index (Phi) is 14.5. The van der Waals surface area contributed by atoms with Crippen molar-refractivity contribution in [1.82, 2.24) is 5.32 Å².